The molecule has 0 saturated heterocycles. The zero-order valence-electron chi connectivity index (χ0n) is 9.26. The fourth-order valence-corrected chi connectivity index (χ4v) is 1.63. The number of halogens is 1. The topological polar surface area (TPSA) is 69.4 Å². The van der Waals surface area contributed by atoms with Crippen LogP contribution in [0.15, 0.2) is 24.3 Å². The molecule has 0 spiro atoms. The maximum atomic E-state index is 11.6. The molecule has 1 aromatic carbocycles. The zero-order valence-corrected chi connectivity index (χ0v) is 10.0. The lowest BCUT2D eigenvalue weighted by molar-refractivity contribution is -0.481. The van der Waals surface area contributed by atoms with Crippen LogP contribution in [-0.2, 0) is 9.53 Å². The number of hydrogen-bond donors (Lipinski definition) is 0. The minimum Gasteiger partial charge on any atom is -0.465 e. The van der Waals surface area contributed by atoms with Gasteiger partial charge in [0.15, 0.2) is 0 Å². The van der Waals surface area contributed by atoms with Crippen LogP contribution in [0.25, 0.3) is 0 Å². The first kappa shape index (κ1) is 13.4. The van der Waals surface area contributed by atoms with Gasteiger partial charge in [-0.3, -0.25) is 14.9 Å². The Morgan fingerprint density at radius 2 is 2.29 bits per heavy atom. The second-order valence-corrected chi connectivity index (χ2v) is 3.81. The molecule has 0 heterocycles. The molecule has 1 rings (SSSR count). The van der Waals surface area contributed by atoms with Gasteiger partial charge in [0.2, 0.25) is 6.54 Å². The van der Waals surface area contributed by atoms with E-state index in [0.717, 1.165) is 0 Å². The number of nitrogens with zero attached hydrogens (tertiary/aromatic N) is 1. The van der Waals surface area contributed by atoms with Gasteiger partial charge in [-0.25, -0.2) is 0 Å². The van der Waals surface area contributed by atoms with Gasteiger partial charge in [0, 0.05) is 9.95 Å². The van der Waals surface area contributed by atoms with Crippen LogP contribution in [0.2, 0.25) is 5.02 Å². The second-order valence-electron chi connectivity index (χ2n) is 3.37. The molecule has 1 unspecified atom stereocenters. The van der Waals surface area contributed by atoms with Gasteiger partial charge in [0.25, 0.3) is 0 Å². The third-order valence-corrected chi connectivity index (χ3v) is 2.39. The molecule has 0 fully saturated rings. The van der Waals surface area contributed by atoms with Gasteiger partial charge in [-0.2, -0.15) is 0 Å². The molecule has 0 amide bonds. The minimum atomic E-state index is -0.913. The lowest BCUT2D eigenvalue weighted by Crippen LogP contribution is -2.23. The summed E-state index contributed by atoms with van der Waals surface area (Å²) in [6.45, 7) is 1.34. The molecule has 6 heteroatoms. The van der Waals surface area contributed by atoms with Gasteiger partial charge in [0.1, 0.15) is 5.92 Å². The Bertz CT molecular complexity index is 422. The van der Waals surface area contributed by atoms with Gasteiger partial charge in [-0.1, -0.05) is 23.7 Å². The van der Waals surface area contributed by atoms with E-state index in [9.17, 15) is 14.9 Å². The molecule has 0 aliphatic heterocycles. The van der Waals surface area contributed by atoms with Crippen molar-refractivity contribution in [3.63, 3.8) is 0 Å². The maximum Gasteiger partial charge on any atom is 0.320 e. The molecule has 17 heavy (non-hydrogen) atoms. The summed E-state index contributed by atoms with van der Waals surface area (Å²) in [6, 6.07) is 6.44. The molecule has 1 aromatic rings. The zero-order chi connectivity index (χ0) is 12.8. The molecule has 0 aliphatic carbocycles. The normalized spacial score (nSPS) is 11.9. The Balaban J connectivity index is 2.97. The molecule has 0 N–H and O–H groups in total. The summed E-state index contributed by atoms with van der Waals surface area (Å²) < 4.78 is 4.81. The molecule has 1 atom stereocenters. The Kier molecular flexibility index (Phi) is 4.90. The van der Waals surface area contributed by atoms with Crippen LogP contribution in [0.1, 0.15) is 18.4 Å². The molecular weight excluding hydrogens is 246 g/mol. The van der Waals surface area contributed by atoms with Crippen LogP contribution in [0, 0.1) is 10.1 Å². The SMILES string of the molecule is CCOC(=O)C(C[N+](=O)[O-])c1cccc(Cl)c1. The van der Waals surface area contributed by atoms with E-state index in [-0.39, 0.29) is 6.61 Å². The molecule has 5 nitrogen and oxygen atoms in total. The number of nitro groups is 1. The van der Waals surface area contributed by atoms with E-state index in [0.29, 0.717) is 10.6 Å². The molecule has 92 valence electrons. The van der Waals surface area contributed by atoms with Crippen LogP contribution >= 0.6 is 11.6 Å². The number of rotatable bonds is 5. The molecule has 0 aliphatic rings. The van der Waals surface area contributed by atoms with Gasteiger partial charge in [-0.15, -0.1) is 0 Å². The first-order valence-electron chi connectivity index (χ1n) is 5.08. The fraction of sp³-hybridized carbons (Fsp3) is 0.364. The van der Waals surface area contributed by atoms with Crippen molar-refractivity contribution in [2.24, 2.45) is 0 Å². The van der Waals surface area contributed by atoms with Crippen LogP contribution in [0.5, 0.6) is 0 Å². The van der Waals surface area contributed by atoms with E-state index in [4.69, 9.17) is 16.3 Å². The highest BCUT2D eigenvalue weighted by molar-refractivity contribution is 6.30. The Morgan fingerprint density at radius 1 is 1.59 bits per heavy atom. The quantitative estimate of drug-likeness (QED) is 0.461. The summed E-state index contributed by atoms with van der Waals surface area (Å²) in [7, 11) is 0. The van der Waals surface area contributed by atoms with Crippen molar-refractivity contribution < 1.29 is 14.5 Å². The molecule has 0 aromatic heterocycles. The molecular formula is C11H12ClNO4. The summed E-state index contributed by atoms with van der Waals surface area (Å²) in [5.74, 6) is -1.52. The third-order valence-electron chi connectivity index (χ3n) is 2.15. The number of carbonyl (C=O) groups excluding carboxylic acids is 1. The molecule has 0 radical (unpaired) electrons. The standard InChI is InChI=1S/C11H12ClNO4/c1-2-17-11(14)10(7-13(15)16)8-4-3-5-9(12)6-8/h3-6,10H,2,7H2,1H3. The summed E-state index contributed by atoms with van der Waals surface area (Å²) in [4.78, 5) is 21.6. The van der Waals surface area contributed by atoms with E-state index < -0.39 is 23.4 Å². The van der Waals surface area contributed by atoms with Crippen molar-refractivity contribution in [3.8, 4) is 0 Å². The van der Waals surface area contributed by atoms with Crippen LogP contribution in [0.4, 0.5) is 0 Å². The molecule has 0 saturated carbocycles. The summed E-state index contributed by atoms with van der Waals surface area (Å²) >= 11 is 5.79. The van der Waals surface area contributed by atoms with E-state index >= 15 is 0 Å². The third kappa shape index (κ3) is 4.03. The highest BCUT2D eigenvalue weighted by Crippen LogP contribution is 2.21. The van der Waals surface area contributed by atoms with E-state index in [1.54, 1.807) is 25.1 Å². The highest BCUT2D eigenvalue weighted by Gasteiger charge is 2.27. The average molecular weight is 258 g/mol. The monoisotopic (exact) mass is 257 g/mol. The maximum absolute atomic E-state index is 11.6. The minimum absolute atomic E-state index is 0.188. The number of esters is 1. The number of hydrogen-bond acceptors (Lipinski definition) is 4. The predicted octanol–water partition coefficient (Wildman–Crippen LogP) is 2.26. The van der Waals surface area contributed by atoms with Gasteiger partial charge >= 0.3 is 5.97 Å². The fourth-order valence-electron chi connectivity index (χ4n) is 1.43. The van der Waals surface area contributed by atoms with Crippen molar-refractivity contribution in [3.05, 3.63) is 45.0 Å². The number of benzene rings is 1. The van der Waals surface area contributed by atoms with Crippen molar-refractivity contribution in [1.29, 1.82) is 0 Å². The summed E-state index contributed by atoms with van der Waals surface area (Å²) in [6.07, 6.45) is 0. The Labute approximate surface area is 103 Å². The smallest absolute Gasteiger partial charge is 0.320 e. The van der Waals surface area contributed by atoms with Crippen molar-refractivity contribution in [1.82, 2.24) is 0 Å². The summed E-state index contributed by atoms with van der Waals surface area (Å²) in [5, 5.41) is 11.0. The predicted molar refractivity (Wildman–Crippen MR) is 62.7 cm³/mol. The van der Waals surface area contributed by atoms with Gasteiger partial charge in [-0.05, 0) is 24.6 Å². The molecule has 0 bridgehead atoms. The van der Waals surface area contributed by atoms with Crippen LogP contribution in [0.3, 0.4) is 0 Å². The van der Waals surface area contributed by atoms with Crippen molar-refractivity contribution >= 4 is 17.6 Å². The van der Waals surface area contributed by atoms with Gasteiger partial charge in [0.05, 0.1) is 6.61 Å². The number of ether oxygens (including phenoxy) is 1. The van der Waals surface area contributed by atoms with Crippen LogP contribution < -0.4 is 0 Å². The van der Waals surface area contributed by atoms with E-state index in [1.807, 2.05) is 0 Å². The Hall–Kier alpha value is -1.62. The van der Waals surface area contributed by atoms with Crippen molar-refractivity contribution in [2.45, 2.75) is 12.8 Å². The summed E-state index contributed by atoms with van der Waals surface area (Å²) in [5.41, 5.74) is 0.493. The Morgan fingerprint density at radius 3 is 2.82 bits per heavy atom. The number of carbonyl (C=O) groups is 1. The largest absolute Gasteiger partial charge is 0.465 e. The second kappa shape index (κ2) is 6.20. The van der Waals surface area contributed by atoms with E-state index in [1.165, 1.54) is 6.07 Å². The van der Waals surface area contributed by atoms with Crippen LogP contribution in [-0.4, -0.2) is 24.0 Å². The first-order chi connectivity index (χ1) is 8.04. The lowest BCUT2D eigenvalue weighted by Gasteiger charge is -2.12. The highest BCUT2D eigenvalue weighted by atomic mass is 35.5. The van der Waals surface area contributed by atoms with Crippen molar-refractivity contribution in [2.75, 3.05) is 13.2 Å². The lowest BCUT2D eigenvalue weighted by atomic mass is 9.99. The first-order valence-corrected chi connectivity index (χ1v) is 5.46. The van der Waals surface area contributed by atoms with Gasteiger partial charge < -0.3 is 4.74 Å². The average Bonchev–Trinajstić information content (AvgIpc) is 2.26. The van der Waals surface area contributed by atoms with E-state index in [2.05, 4.69) is 0 Å².